The summed E-state index contributed by atoms with van der Waals surface area (Å²) in [5.74, 6) is -1.49. The smallest absolute Gasteiger partial charge is 0.313 e. The van der Waals surface area contributed by atoms with Gasteiger partial charge in [-0.3, -0.25) is 9.59 Å². The number of nitrogens with one attached hydrogen (secondary N) is 2. The van der Waals surface area contributed by atoms with Crippen LogP contribution in [0.3, 0.4) is 0 Å². The highest BCUT2D eigenvalue weighted by molar-refractivity contribution is 6.39. The highest BCUT2D eigenvalue weighted by atomic mass is 35.5. The Hall–Kier alpha value is -2.41. The Kier molecular flexibility index (Phi) is 5.11. The van der Waals surface area contributed by atoms with Gasteiger partial charge in [-0.2, -0.15) is 0 Å². The SMILES string of the molecule is CC(C)n1cc(CNC(=O)C(=O)Nc2ccc(Cl)cc2)nn1. The molecular formula is C14H16ClN5O2. The Morgan fingerprint density at radius 2 is 1.91 bits per heavy atom. The van der Waals surface area contributed by atoms with E-state index in [2.05, 4.69) is 20.9 Å². The molecule has 8 heteroatoms. The molecule has 1 heterocycles. The van der Waals surface area contributed by atoms with Crippen molar-refractivity contribution < 1.29 is 9.59 Å². The molecule has 0 saturated heterocycles. The maximum Gasteiger partial charge on any atom is 0.313 e. The van der Waals surface area contributed by atoms with E-state index in [1.165, 1.54) is 0 Å². The number of carbonyl (C=O) groups is 2. The monoisotopic (exact) mass is 321 g/mol. The molecule has 22 heavy (non-hydrogen) atoms. The van der Waals surface area contributed by atoms with Crippen molar-refractivity contribution in [2.24, 2.45) is 0 Å². The second-order valence-corrected chi connectivity index (χ2v) is 5.36. The number of anilines is 1. The Balaban J connectivity index is 1.85. The standard InChI is InChI=1S/C14H16ClN5O2/c1-9(2)20-8-12(18-19-20)7-16-13(21)14(22)17-11-5-3-10(15)4-6-11/h3-6,8-9H,7H2,1-2H3,(H,16,21)(H,17,22). The van der Waals surface area contributed by atoms with E-state index >= 15 is 0 Å². The largest absolute Gasteiger partial charge is 0.342 e. The minimum atomic E-state index is -0.751. The van der Waals surface area contributed by atoms with Gasteiger partial charge in [0.1, 0.15) is 5.69 Å². The number of hydrogen-bond acceptors (Lipinski definition) is 4. The summed E-state index contributed by atoms with van der Waals surface area (Å²) in [6, 6.07) is 6.66. The van der Waals surface area contributed by atoms with Gasteiger partial charge >= 0.3 is 11.8 Å². The molecule has 0 fully saturated rings. The van der Waals surface area contributed by atoms with Gasteiger partial charge in [-0.05, 0) is 38.1 Å². The Bertz CT molecular complexity index is 666. The van der Waals surface area contributed by atoms with Crippen molar-refractivity contribution in [2.75, 3.05) is 5.32 Å². The number of benzene rings is 1. The first-order chi connectivity index (χ1) is 10.5. The molecule has 7 nitrogen and oxygen atoms in total. The quantitative estimate of drug-likeness (QED) is 0.840. The molecule has 1 aromatic carbocycles. The number of aromatic nitrogens is 3. The topological polar surface area (TPSA) is 88.9 Å². The van der Waals surface area contributed by atoms with Crippen LogP contribution in [0.25, 0.3) is 0 Å². The first-order valence-corrected chi connectivity index (χ1v) is 7.09. The normalized spacial score (nSPS) is 10.5. The van der Waals surface area contributed by atoms with E-state index in [1.54, 1.807) is 35.1 Å². The van der Waals surface area contributed by atoms with E-state index in [9.17, 15) is 9.59 Å². The van der Waals surface area contributed by atoms with Crippen molar-refractivity contribution in [1.29, 1.82) is 0 Å². The average molecular weight is 322 g/mol. The summed E-state index contributed by atoms with van der Waals surface area (Å²) in [6.45, 7) is 4.08. The van der Waals surface area contributed by atoms with Crippen LogP contribution >= 0.6 is 11.6 Å². The summed E-state index contributed by atoms with van der Waals surface area (Å²) in [6.07, 6.45) is 1.72. The number of nitrogens with zero attached hydrogens (tertiary/aromatic N) is 3. The van der Waals surface area contributed by atoms with E-state index in [-0.39, 0.29) is 12.6 Å². The van der Waals surface area contributed by atoms with Gasteiger partial charge in [0.2, 0.25) is 0 Å². The molecule has 0 unspecified atom stereocenters. The zero-order valence-corrected chi connectivity index (χ0v) is 13.0. The number of amides is 2. The fourth-order valence-corrected chi connectivity index (χ4v) is 1.74. The Morgan fingerprint density at radius 3 is 2.50 bits per heavy atom. The summed E-state index contributed by atoms with van der Waals surface area (Å²) in [7, 11) is 0. The lowest BCUT2D eigenvalue weighted by molar-refractivity contribution is -0.136. The zero-order valence-electron chi connectivity index (χ0n) is 12.2. The lowest BCUT2D eigenvalue weighted by atomic mass is 10.3. The van der Waals surface area contributed by atoms with Crippen LogP contribution in [-0.4, -0.2) is 26.8 Å². The van der Waals surface area contributed by atoms with Gasteiger partial charge in [0, 0.05) is 16.8 Å². The van der Waals surface area contributed by atoms with Crippen LogP contribution in [0.5, 0.6) is 0 Å². The molecule has 0 radical (unpaired) electrons. The van der Waals surface area contributed by atoms with Crippen molar-refractivity contribution in [3.63, 3.8) is 0 Å². The highest BCUT2D eigenvalue weighted by Crippen LogP contribution is 2.13. The molecule has 0 atom stereocenters. The van der Waals surface area contributed by atoms with E-state index in [0.717, 1.165) is 0 Å². The third-order valence-corrected chi connectivity index (χ3v) is 3.08. The van der Waals surface area contributed by atoms with Crippen LogP contribution < -0.4 is 10.6 Å². The summed E-state index contributed by atoms with van der Waals surface area (Å²) >= 11 is 5.75. The van der Waals surface area contributed by atoms with Crippen LogP contribution in [0.2, 0.25) is 5.02 Å². The molecular weight excluding hydrogens is 306 g/mol. The predicted octanol–water partition coefficient (Wildman–Crippen LogP) is 1.77. The third-order valence-electron chi connectivity index (χ3n) is 2.83. The average Bonchev–Trinajstić information content (AvgIpc) is 2.96. The molecule has 0 saturated carbocycles. The first kappa shape index (κ1) is 16.0. The molecule has 2 N–H and O–H groups in total. The summed E-state index contributed by atoms with van der Waals surface area (Å²) in [5, 5.41) is 13.4. The van der Waals surface area contributed by atoms with Crippen LogP contribution in [0.15, 0.2) is 30.5 Å². The maximum atomic E-state index is 11.7. The van der Waals surface area contributed by atoms with Gasteiger partial charge in [-0.25, -0.2) is 4.68 Å². The molecule has 0 aliphatic heterocycles. The van der Waals surface area contributed by atoms with Crippen molar-refractivity contribution in [3.05, 3.63) is 41.2 Å². The van der Waals surface area contributed by atoms with Crippen molar-refractivity contribution in [3.8, 4) is 0 Å². The van der Waals surface area contributed by atoms with E-state index in [1.807, 2.05) is 13.8 Å². The molecule has 0 aliphatic rings. The second-order valence-electron chi connectivity index (χ2n) is 4.93. The van der Waals surface area contributed by atoms with Crippen LogP contribution in [0.1, 0.15) is 25.6 Å². The summed E-state index contributed by atoms with van der Waals surface area (Å²) < 4.78 is 1.68. The molecule has 2 rings (SSSR count). The minimum absolute atomic E-state index is 0.138. The van der Waals surface area contributed by atoms with E-state index in [0.29, 0.717) is 16.4 Å². The summed E-state index contributed by atoms with van der Waals surface area (Å²) in [5.41, 5.74) is 1.08. The fourth-order valence-electron chi connectivity index (χ4n) is 1.62. The summed E-state index contributed by atoms with van der Waals surface area (Å²) in [4.78, 5) is 23.5. The molecule has 0 bridgehead atoms. The molecule has 2 aromatic rings. The fraction of sp³-hybridized carbons (Fsp3) is 0.286. The predicted molar refractivity (Wildman–Crippen MR) is 82.3 cm³/mol. The Labute approximate surface area is 132 Å². The number of halogens is 1. The Morgan fingerprint density at radius 1 is 1.23 bits per heavy atom. The molecule has 2 amide bonds. The van der Waals surface area contributed by atoms with Crippen molar-refractivity contribution >= 4 is 29.1 Å². The van der Waals surface area contributed by atoms with Crippen LogP contribution in [-0.2, 0) is 16.1 Å². The van der Waals surface area contributed by atoms with Crippen LogP contribution in [0.4, 0.5) is 5.69 Å². The highest BCUT2D eigenvalue weighted by Gasteiger charge is 2.14. The number of rotatable bonds is 4. The van der Waals surface area contributed by atoms with Gasteiger partial charge in [0.05, 0.1) is 12.7 Å². The van der Waals surface area contributed by atoms with Gasteiger partial charge in [0.25, 0.3) is 0 Å². The molecule has 0 spiro atoms. The lowest BCUT2D eigenvalue weighted by Gasteiger charge is -2.05. The van der Waals surface area contributed by atoms with Crippen molar-refractivity contribution in [2.45, 2.75) is 26.4 Å². The number of carbonyl (C=O) groups excluding carboxylic acids is 2. The van der Waals surface area contributed by atoms with Crippen molar-refractivity contribution in [1.82, 2.24) is 20.3 Å². The first-order valence-electron chi connectivity index (χ1n) is 6.71. The van der Waals surface area contributed by atoms with Gasteiger partial charge in [-0.15, -0.1) is 5.10 Å². The maximum absolute atomic E-state index is 11.7. The minimum Gasteiger partial charge on any atom is -0.342 e. The van der Waals surface area contributed by atoms with Gasteiger partial charge in [0.15, 0.2) is 0 Å². The molecule has 0 aliphatic carbocycles. The van der Waals surface area contributed by atoms with Gasteiger partial charge in [-0.1, -0.05) is 16.8 Å². The van der Waals surface area contributed by atoms with E-state index in [4.69, 9.17) is 11.6 Å². The van der Waals surface area contributed by atoms with E-state index < -0.39 is 11.8 Å². The lowest BCUT2D eigenvalue weighted by Crippen LogP contribution is -2.35. The third kappa shape index (κ3) is 4.29. The zero-order chi connectivity index (χ0) is 16.1. The number of hydrogen-bond donors (Lipinski definition) is 2. The second kappa shape index (κ2) is 7.04. The van der Waals surface area contributed by atoms with Gasteiger partial charge < -0.3 is 10.6 Å². The van der Waals surface area contributed by atoms with Crippen LogP contribution in [0, 0.1) is 0 Å². The molecule has 116 valence electrons. The molecule has 1 aromatic heterocycles.